The summed E-state index contributed by atoms with van der Waals surface area (Å²) in [6.45, 7) is 2.06. The number of sulfonamides is 1. The lowest BCUT2D eigenvalue weighted by atomic mass is 10.3. The molecule has 0 fully saturated rings. The Morgan fingerprint density at radius 3 is 2.36 bits per heavy atom. The number of para-hydroxylation sites is 1. The van der Waals surface area contributed by atoms with Gasteiger partial charge in [-0.05, 0) is 61.5 Å². The molecule has 0 radical (unpaired) electrons. The lowest BCUT2D eigenvalue weighted by molar-refractivity contribution is -0.128. The monoisotopic (exact) mass is 397 g/mol. The second-order valence-corrected chi connectivity index (χ2v) is 7.61. The largest absolute Gasteiger partial charge is 0.465 e. The number of benzene rings is 2. The zero-order valence-electron chi connectivity index (χ0n) is 15.2. The summed E-state index contributed by atoms with van der Waals surface area (Å²) in [7, 11) is -3.72. The molecule has 1 aromatic heterocycles. The van der Waals surface area contributed by atoms with Crippen molar-refractivity contribution in [2.24, 2.45) is 0 Å². The van der Waals surface area contributed by atoms with Gasteiger partial charge in [0.05, 0.1) is 16.8 Å². The van der Waals surface area contributed by atoms with Crippen LogP contribution < -0.4 is 9.04 Å². The van der Waals surface area contributed by atoms with Gasteiger partial charge in [-0.1, -0.05) is 18.2 Å². The fourth-order valence-corrected chi connectivity index (χ4v) is 4.05. The second-order valence-electron chi connectivity index (χ2n) is 5.75. The summed E-state index contributed by atoms with van der Waals surface area (Å²) in [5, 5.41) is 0. The van der Waals surface area contributed by atoms with Crippen molar-refractivity contribution in [2.75, 3.05) is 10.8 Å². The molecule has 0 saturated heterocycles. The van der Waals surface area contributed by atoms with Crippen molar-refractivity contribution in [1.82, 2.24) is 0 Å². The van der Waals surface area contributed by atoms with Gasteiger partial charge in [0.15, 0.2) is 0 Å². The molecule has 6 nitrogen and oxygen atoms in total. The van der Waals surface area contributed by atoms with Crippen LogP contribution in [-0.2, 0) is 14.8 Å². The number of carbonyl (C=O) groups is 1. The van der Waals surface area contributed by atoms with E-state index in [1.54, 1.807) is 43.3 Å². The molecule has 0 N–H and O–H groups in total. The summed E-state index contributed by atoms with van der Waals surface area (Å²) in [5.41, 5.74) is 0.587. The molecule has 7 heteroatoms. The highest BCUT2D eigenvalue weighted by atomic mass is 32.2. The van der Waals surface area contributed by atoms with E-state index in [9.17, 15) is 13.2 Å². The number of carbonyl (C=O) groups excluding carboxylic acids is 1. The van der Waals surface area contributed by atoms with E-state index in [0.29, 0.717) is 18.0 Å². The Morgan fingerprint density at radius 2 is 1.75 bits per heavy atom. The highest BCUT2D eigenvalue weighted by Crippen LogP contribution is 2.24. The lowest BCUT2D eigenvalue weighted by Crippen LogP contribution is -2.30. The van der Waals surface area contributed by atoms with Gasteiger partial charge in [0.1, 0.15) is 11.5 Å². The zero-order valence-corrected chi connectivity index (χ0v) is 16.0. The van der Waals surface area contributed by atoms with Crippen LogP contribution in [0.15, 0.2) is 88.4 Å². The van der Waals surface area contributed by atoms with E-state index in [4.69, 9.17) is 9.15 Å². The van der Waals surface area contributed by atoms with Gasteiger partial charge in [-0.3, -0.25) is 4.31 Å². The Hall–Kier alpha value is -3.32. The standard InChI is InChI=1S/C21H19NO5S/c1-2-22(17-7-4-3-5-8-17)28(24,25)20-13-10-19(11-14-20)27-21(23)15-12-18-9-6-16-26-18/h3-16H,2H2,1H3/b15-12+. The Balaban J connectivity index is 1.73. The van der Waals surface area contributed by atoms with E-state index < -0.39 is 16.0 Å². The predicted octanol–water partition coefficient (Wildman–Crippen LogP) is 4.11. The molecule has 2 aromatic carbocycles. The summed E-state index contributed by atoms with van der Waals surface area (Å²) in [5.74, 6) is 0.182. The normalized spacial score (nSPS) is 11.5. The third-order valence-electron chi connectivity index (χ3n) is 3.89. The van der Waals surface area contributed by atoms with Crippen LogP contribution in [0.3, 0.4) is 0 Å². The van der Waals surface area contributed by atoms with Crippen molar-refractivity contribution < 1.29 is 22.4 Å². The lowest BCUT2D eigenvalue weighted by Gasteiger charge is -2.22. The maximum atomic E-state index is 12.9. The van der Waals surface area contributed by atoms with Crippen LogP contribution >= 0.6 is 0 Å². The van der Waals surface area contributed by atoms with Gasteiger partial charge in [0.2, 0.25) is 0 Å². The summed E-state index contributed by atoms with van der Waals surface area (Å²) in [6.07, 6.45) is 4.22. The van der Waals surface area contributed by atoms with Gasteiger partial charge in [-0.15, -0.1) is 0 Å². The Labute approximate surface area is 163 Å². The van der Waals surface area contributed by atoms with Crippen LogP contribution in [0, 0.1) is 0 Å². The molecule has 0 spiro atoms. The van der Waals surface area contributed by atoms with Crippen molar-refractivity contribution >= 4 is 27.8 Å². The molecule has 0 amide bonds. The highest BCUT2D eigenvalue weighted by Gasteiger charge is 2.23. The SMILES string of the molecule is CCN(c1ccccc1)S(=O)(=O)c1ccc(OC(=O)/C=C/c2ccco2)cc1. The maximum absolute atomic E-state index is 12.9. The second kappa shape index (κ2) is 8.58. The maximum Gasteiger partial charge on any atom is 0.336 e. The minimum absolute atomic E-state index is 0.115. The van der Waals surface area contributed by atoms with Crippen LogP contribution in [0.1, 0.15) is 12.7 Å². The number of hydrogen-bond donors (Lipinski definition) is 0. The van der Waals surface area contributed by atoms with Crippen molar-refractivity contribution in [3.63, 3.8) is 0 Å². The van der Waals surface area contributed by atoms with Crippen molar-refractivity contribution in [3.05, 3.63) is 84.8 Å². The third-order valence-corrected chi connectivity index (χ3v) is 5.81. The van der Waals surface area contributed by atoms with Crippen molar-refractivity contribution in [2.45, 2.75) is 11.8 Å². The molecule has 3 rings (SSSR count). The quantitative estimate of drug-likeness (QED) is 0.341. The summed E-state index contributed by atoms with van der Waals surface area (Å²) in [6, 6.07) is 18.0. The molecule has 0 aliphatic carbocycles. The van der Waals surface area contributed by atoms with Crippen molar-refractivity contribution in [3.8, 4) is 5.75 Å². The molecule has 144 valence electrons. The van der Waals surface area contributed by atoms with Crippen LogP contribution in [0.5, 0.6) is 5.75 Å². The molecule has 0 aliphatic heterocycles. The van der Waals surface area contributed by atoms with E-state index in [0.717, 1.165) is 0 Å². The smallest absolute Gasteiger partial charge is 0.336 e. The molecule has 3 aromatic rings. The molecular formula is C21H19NO5S. The van der Waals surface area contributed by atoms with Gasteiger partial charge >= 0.3 is 5.97 Å². The first-order valence-corrected chi connectivity index (χ1v) is 10.1. The molecule has 0 bridgehead atoms. The highest BCUT2D eigenvalue weighted by molar-refractivity contribution is 7.92. The minimum Gasteiger partial charge on any atom is -0.465 e. The van der Waals surface area contributed by atoms with E-state index in [-0.39, 0.29) is 10.6 Å². The van der Waals surface area contributed by atoms with Gasteiger partial charge in [0.25, 0.3) is 10.0 Å². The first-order chi connectivity index (χ1) is 13.5. The number of rotatable bonds is 7. The summed E-state index contributed by atoms with van der Waals surface area (Å²) >= 11 is 0. The van der Waals surface area contributed by atoms with Gasteiger partial charge in [0, 0.05) is 12.6 Å². The minimum atomic E-state index is -3.72. The molecule has 0 aliphatic rings. The average molecular weight is 397 g/mol. The topological polar surface area (TPSA) is 76.8 Å². The summed E-state index contributed by atoms with van der Waals surface area (Å²) < 4.78 is 37.4. The summed E-state index contributed by atoms with van der Waals surface area (Å²) in [4.78, 5) is 12.0. The fraction of sp³-hybridized carbons (Fsp3) is 0.0952. The van der Waals surface area contributed by atoms with Crippen LogP contribution in [0.25, 0.3) is 6.08 Å². The molecule has 28 heavy (non-hydrogen) atoms. The number of ether oxygens (including phenoxy) is 1. The van der Waals surface area contributed by atoms with E-state index in [1.165, 1.54) is 47.0 Å². The number of hydrogen-bond acceptors (Lipinski definition) is 5. The van der Waals surface area contributed by atoms with Gasteiger partial charge in [-0.2, -0.15) is 0 Å². The first-order valence-electron chi connectivity index (χ1n) is 8.62. The number of esters is 1. The Morgan fingerprint density at radius 1 is 1.04 bits per heavy atom. The van der Waals surface area contributed by atoms with Gasteiger partial charge < -0.3 is 9.15 Å². The molecular weight excluding hydrogens is 378 g/mol. The first kappa shape index (κ1) is 19.4. The van der Waals surface area contributed by atoms with Crippen molar-refractivity contribution in [1.29, 1.82) is 0 Å². The van der Waals surface area contributed by atoms with Crippen LogP contribution in [0.2, 0.25) is 0 Å². The third kappa shape index (κ3) is 4.50. The number of anilines is 1. The number of furan rings is 1. The fourth-order valence-electron chi connectivity index (χ4n) is 2.58. The predicted molar refractivity (Wildman–Crippen MR) is 106 cm³/mol. The van der Waals surface area contributed by atoms with Crippen LogP contribution in [0.4, 0.5) is 5.69 Å². The molecule has 0 atom stereocenters. The van der Waals surface area contributed by atoms with E-state index >= 15 is 0 Å². The Kier molecular flexibility index (Phi) is 5.96. The zero-order chi connectivity index (χ0) is 20.0. The number of nitrogens with zero attached hydrogens (tertiary/aromatic N) is 1. The molecule has 0 saturated carbocycles. The molecule has 0 unspecified atom stereocenters. The average Bonchev–Trinajstić information content (AvgIpc) is 3.22. The van der Waals surface area contributed by atoms with E-state index in [1.807, 2.05) is 6.07 Å². The molecule has 1 heterocycles. The van der Waals surface area contributed by atoms with Crippen LogP contribution in [-0.4, -0.2) is 20.9 Å². The van der Waals surface area contributed by atoms with E-state index in [2.05, 4.69) is 0 Å². The van der Waals surface area contributed by atoms with Gasteiger partial charge in [-0.25, -0.2) is 13.2 Å². The Bertz CT molecular complexity index is 1040.